The average molecular weight is 196 g/mol. The van der Waals surface area contributed by atoms with Gasteiger partial charge in [0.15, 0.2) is 0 Å². The number of allylic oxidation sites excluding steroid dienone is 1. The highest BCUT2D eigenvalue weighted by atomic mass is 16.2. The first-order valence-electron chi connectivity index (χ1n) is 4.30. The van der Waals surface area contributed by atoms with Gasteiger partial charge in [0.25, 0.3) is 0 Å². The van der Waals surface area contributed by atoms with Gasteiger partial charge in [-0.25, -0.2) is 0 Å². The molecule has 14 heavy (non-hydrogen) atoms. The molecule has 1 unspecified atom stereocenters. The lowest BCUT2D eigenvalue weighted by molar-refractivity contribution is -0.126. The third-order valence-corrected chi connectivity index (χ3v) is 1.69. The summed E-state index contributed by atoms with van der Waals surface area (Å²) in [6.07, 6.45) is 1.62. The first kappa shape index (κ1) is 12.6. The Labute approximate surface area is 84.1 Å². The summed E-state index contributed by atoms with van der Waals surface area (Å²) in [5, 5.41) is 5.27. The Kier molecular flexibility index (Phi) is 5.48. The molecule has 4 nitrogen and oxygen atoms in total. The van der Waals surface area contributed by atoms with E-state index in [1.54, 1.807) is 7.05 Å². The summed E-state index contributed by atoms with van der Waals surface area (Å²) < 4.78 is 0. The van der Waals surface area contributed by atoms with Crippen LogP contribution in [0.15, 0.2) is 24.9 Å². The Hall–Kier alpha value is -1.42. The minimum atomic E-state index is -0.510. The lowest BCUT2D eigenvalue weighted by atomic mass is 10.1. The Morgan fingerprint density at radius 2 is 2.07 bits per heavy atom. The van der Waals surface area contributed by atoms with Crippen LogP contribution in [0.5, 0.6) is 0 Å². The number of carbonyl (C=O) groups excluding carboxylic acids is 2. The zero-order valence-electron chi connectivity index (χ0n) is 8.59. The van der Waals surface area contributed by atoms with E-state index in [2.05, 4.69) is 23.8 Å². The smallest absolute Gasteiger partial charge is 0.241 e. The highest BCUT2D eigenvalue weighted by molar-refractivity contribution is 5.89. The second kappa shape index (κ2) is 6.10. The van der Waals surface area contributed by atoms with E-state index in [9.17, 15) is 9.59 Å². The van der Waals surface area contributed by atoms with E-state index in [0.717, 1.165) is 0 Å². The van der Waals surface area contributed by atoms with Crippen molar-refractivity contribution < 1.29 is 9.59 Å². The number of carbonyl (C=O) groups is 2. The minimum absolute atomic E-state index is 0.0382. The van der Waals surface area contributed by atoms with Gasteiger partial charge in [0, 0.05) is 12.1 Å². The van der Waals surface area contributed by atoms with Crippen molar-refractivity contribution in [1.82, 2.24) is 10.6 Å². The number of hydrogen-bond acceptors (Lipinski definition) is 3. The third kappa shape index (κ3) is 4.57. The maximum Gasteiger partial charge on any atom is 0.241 e. The van der Waals surface area contributed by atoms with Gasteiger partial charge in [-0.2, -0.15) is 0 Å². The normalized spacial score (nSPS) is 11.6. The average Bonchev–Trinajstić information content (AvgIpc) is 2.13. The van der Waals surface area contributed by atoms with Gasteiger partial charge in [-0.3, -0.25) is 9.59 Å². The Morgan fingerprint density at radius 1 is 1.50 bits per heavy atom. The van der Waals surface area contributed by atoms with Crippen LogP contribution >= 0.6 is 0 Å². The first-order valence-corrected chi connectivity index (χ1v) is 4.30. The van der Waals surface area contributed by atoms with Crippen molar-refractivity contribution in [2.24, 2.45) is 0 Å². The number of hydrogen-bond donors (Lipinski definition) is 2. The molecule has 0 spiro atoms. The van der Waals surface area contributed by atoms with Crippen LogP contribution in [0.1, 0.15) is 13.3 Å². The molecule has 0 aliphatic rings. The van der Waals surface area contributed by atoms with Crippen LogP contribution in [0, 0.1) is 0 Å². The third-order valence-electron chi connectivity index (χ3n) is 1.69. The number of amides is 1. The van der Waals surface area contributed by atoms with Crippen molar-refractivity contribution in [3.63, 3.8) is 0 Å². The van der Waals surface area contributed by atoms with Gasteiger partial charge in [-0.1, -0.05) is 13.2 Å². The maximum absolute atomic E-state index is 11.4. The molecule has 0 aliphatic carbocycles. The summed E-state index contributed by atoms with van der Waals surface area (Å²) in [7, 11) is 1.63. The molecule has 1 atom stereocenters. The topological polar surface area (TPSA) is 58.2 Å². The number of Topliss-reactive ketones (excluding diaryl/α,β-unsaturated/α-hetero) is 1. The Bertz CT molecular complexity index is 259. The molecule has 78 valence electrons. The van der Waals surface area contributed by atoms with Crippen LogP contribution in [-0.2, 0) is 9.59 Å². The van der Waals surface area contributed by atoms with Crippen molar-refractivity contribution in [3.05, 3.63) is 24.9 Å². The van der Waals surface area contributed by atoms with E-state index >= 15 is 0 Å². The fourth-order valence-electron chi connectivity index (χ4n) is 0.910. The number of nitrogens with one attached hydrogen (secondary N) is 2. The minimum Gasteiger partial charge on any atom is -0.325 e. The first-order chi connectivity index (χ1) is 6.51. The van der Waals surface area contributed by atoms with Crippen LogP contribution in [0.3, 0.4) is 0 Å². The SMILES string of the molecule is C=CC(=C)NC(=O)C(CC(C)=O)NC. The molecular weight excluding hydrogens is 180 g/mol. The molecule has 0 saturated carbocycles. The molecule has 0 rings (SSSR count). The molecule has 0 heterocycles. The second-order valence-electron chi connectivity index (χ2n) is 2.97. The summed E-state index contributed by atoms with van der Waals surface area (Å²) in [4.78, 5) is 22.3. The summed E-state index contributed by atoms with van der Waals surface area (Å²) in [5.41, 5.74) is 0.429. The molecule has 0 aromatic carbocycles. The molecule has 0 bridgehead atoms. The lowest BCUT2D eigenvalue weighted by Gasteiger charge is -2.14. The summed E-state index contributed by atoms with van der Waals surface area (Å²) in [5.74, 6) is -0.309. The van der Waals surface area contributed by atoms with Crippen molar-refractivity contribution >= 4 is 11.7 Å². The molecule has 1 amide bonds. The quantitative estimate of drug-likeness (QED) is 0.603. The van der Waals surface area contributed by atoms with Gasteiger partial charge in [0.1, 0.15) is 5.78 Å². The number of likely N-dealkylation sites (N-methyl/N-ethyl adjacent to an activating group) is 1. The van der Waals surface area contributed by atoms with Crippen LogP contribution in [0.2, 0.25) is 0 Å². The Morgan fingerprint density at radius 3 is 2.43 bits per heavy atom. The van der Waals surface area contributed by atoms with Gasteiger partial charge in [-0.05, 0) is 20.0 Å². The molecule has 0 aromatic rings. The molecule has 0 saturated heterocycles. The molecule has 0 fully saturated rings. The summed E-state index contributed by atoms with van der Waals surface area (Å²) >= 11 is 0. The highest BCUT2D eigenvalue weighted by Crippen LogP contribution is 1.95. The van der Waals surface area contributed by atoms with E-state index in [4.69, 9.17) is 0 Å². The van der Waals surface area contributed by atoms with E-state index in [1.165, 1.54) is 13.0 Å². The molecular formula is C10H16N2O2. The summed E-state index contributed by atoms with van der Waals surface area (Å²) in [6, 6.07) is -0.510. The zero-order chi connectivity index (χ0) is 11.1. The van der Waals surface area contributed by atoms with Gasteiger partial charge in [-0.15, -0.1) is 0 Å². The van der Waals surface area contributed by atoms with Crippen LogP contribution < -0.4 is 10.6 Å². The van der Waals surface area contributed by atoms with Gasteiger partial charge < -0.3 is 10.6 Å². The lowest BCUT2D eigenvalue weighted by Crippen LogP contribution is -2.42. The predicted molar refractivity (Wildman–Crippen MR) is 55.6 cm³/mol. The molecule has 2 N–H and O–H groups in total. The van der Waals surface area contributed by atoms with E-state index in [-0.39, 0.29) is 18.1 Å². The van der Waals surface area contributed by atoms with Crippen molar-refractivity contribution in [2.75, 3.05) is 7.05 Å². The van der Waals surface area contributed by atoms with Crippen molar-refractivity contribution in [1.29, 1.82) is 0 Å². The highest BCUT2D eigenvalue weighted by Gasteiger charge is 2.17. The van der Waals surface area contributed by atoms with E-state index in [0.29, 0.717) is 5.70 Å². The number of ketones is 1. The van der Waals surface area contributed by atoms with Crippen LogP contribution in [-0.4, -0.2) is 24.8 Å². The van der Waals surface area contributed by atoms with Crippen molar-refractivity contribution in [3.8, 4) is 0 Å². The maximum atomic E-state index is 11.4. The Balaban J connectivity index is 4.24. The van der Waals surface area contributed by atoms with E-state index < -0.39 is 6.04 Å². The predicted octanol–water partition coefficient (Wildman–Crippen LogP) is 0.369. The molecule has 4 heteroatoms. The van der Waals surface area contributed by atoms with Crippen LogP contribution in [0.4, 0.5) is 0 Å². The molecule has 0 aromatic heterocycles. The summed E-state index contributed by atoms with van der Waals surface area (Å²) in [6.45, 7) is 8.45. The fourth-order valence-corrected chi connectivity index (χ4v) is 0.910. The van der Waals surface area contributed by atoms with Crippen LogP contribution in [0.25, 0.3) is 0 Å². The zero-order valence-corrected chi connectivity index (χ0v) is 8.59. The fraction of sp³-hybridized carbons (Fsp3) is 0.400. The largest absolute Gasteiger partial charge is 0.325 e. The standard InChI is InChI=1S/C10H16N2O2/c1-5-7(2)12-10(14)9(11-4)6-8(3)13/h5,9,11H,1-2,6H2,3-4H3,(H,12,14). The van der Waals surface area contributed by atoms with Crippen molar-refractivity contribution in [2.45, 2.75) is 19.4 Å². The number of rotatable bonds is 6. The second-order valence-corrected chi connectivity index (χ2v) is 2.97. The van der Waals surface area contributed by atoms with E-state index in [1.807, 2.05) is 0 Å². The van der Waals surface area contributed by atoms with Gasteiger partial charge >= 0.3 is 0 Å². The molecule has 0 aliphatic heterocycles. The molecule has 0 radical (unpaired) electrons. The van der Waals surface area contributed by atoms with Gasteiger partial charge in [0.2, 0.25) is 5.91 Å². The van der Waals surface area contributed by atoms with Gasteiger partial charge in [0.05, 0.1) is 6.04 Å². The monoisotopic (exact) mass is 196 g/mol.